The number of halogens is 4. The van der Waals surface area contributed by atoms with Crippen LogP contribution in [-0.4, -0.2) is 48.0 Å². The molecule has 1 saturated heterocycles. The van der Waals surface area contributed by atoms with Crippen molar-refractivity contribution >= 4 is 27.8 Å². The maximum absolute atomic E-state index is 13.0. The van der Waals surface area contributed by atoms with Crippen LogP contribution in [-0.2, 0) is 35.0 Å². The molecule has 0 bridgehead atoms. The van der Waals surface area contributed by atoms with Crippen LogP contribution in [0.3, 0.4) is 0 Å². The van der Waals surface area contributed by atoms with E-state index in [-0.39, 0.29) is 28.0 Å². The van der Waals surface area contributed by atoms with Crippen LogP contribution in [0, 0.1) is 5.41 Å². The van der Waals surface area contributed by atoms with Crippen molar-refractivity contribution in [2.24, 2.45) is 5.41 Å². The maximum atomic E-state index is 13.0. The lowest BCUT2D eigenvalue weighted by molar-refractivity contribution is -0.137. The van der Waals surface area contributed by atoms with Crippen LogP contribution in [0.2, 0.25) is 0 Å². The number of carbonyl (C=O) groups excluding carboxylic acids is 2. The fourth-order valence-corrected chi connectivity index (χ4v) is 5.08. The van der Waals surface area contributed by atoms with E-state index in [4.69, 9.17) is 9.47 Å². The van der Waals surface area contributed by atoms with E-state index in [1.165, 1.54) is 6.07 Å². The second-order valence-electron chi connectivity index (χ2n) is 9.00. The Morgan fingerprint density at radius 1 is 1.31 bits per heavy atom. The normalized spacial score (nSPS) is 17.6. The standard InChI is InChI=1S/C24H27BrF3N3O4/c1-2-18-20-19(13-23(14-29-21(20)32)6-10-34-11-7-23)31(30-18)8-3-9-35-22(33)16-12-15(24(26,27)28)4-5-17(16)25/h4-5,12H,2-3,6-11,13-14H2,1H3,(H,29,32). The summed E-state index contributed by atoms with van der Waals surface area (Å²) in [7, 11) is 0. The summed E-state index contributed by atoms with van der Waals surface area (Å²) in [5.74, 6) is -0.954. The summed E-state index contributed by atoms with van der Waals surface area (Å²) in [5, 5.41) is 7.73. The van der Waals surface area contributed by atoms with Crippen molar-refractivity contribution in [2.75, 3.05) is 26.4 Å². The number of hydrogen-bond donors (Lipinski definition) is 1. The first-order valence-corrected chi connectivity index (χ1v) is 12.4. The number of benzene rings is 1. The summed E-state index contributed by atoms with van der Waals surface area (Å²) in [6, 6.07) is 2.86. The molecule has 4 rings (SSSR count). The van der Waals surface area contributed by atoms with Gasteiger partial charge in [0.2, 0.25) is 0 Å². The van der Waals surface area contributed by atoms with E-state index >= 15 is 0 Å². The quantitative estimate of drug-likeness (QED) is 0.416. The number of hydrogen-bond acceptors (Lipinski definition) is 5. The first-order valence-electron chi connectivity index (χ1n) is 11.6. The van der Waals surface area contributed by atoms with Gasteiger partial charge in [0, 0.05) is 37.2 Å². The third kappa shape index (κ3) is 5.55. The van der Waals surface area contributed by atoms with Crippen LogP contribution in [0.5, 0.6) is 0 Å². The molecule has 3 heterocycles. The first-order chi connectivity index (χ1) is 16.6. The highest BCUT2D eigenvalue weighted by atomic mass is 79.9. The lowest BCUT2D eigenvalue weighted by Gasteiger charge is -2.36. The maximum Gasteiger partial charge on any atom is 0.416 e. The molecule has 2 aliphatic heterocycles. The molecular weight excluding hydrogens is 531 g/mol. The monoisotopic (exact) mass is 557 g/mol. The lowest BCUT2D eigenvalue weighted by atomic mass is 9.76. The van der Waals surface area contributed by atoms with Crippen molar-refractivity contribution in [2.45, 2.75) is 51.7 Å². The van der Waals surface area contributed by atoms with Crippen molar-refractivity contribution in [3.63, 3.8) is 0 Å². The van der Waals surface area contributed by atoms with Gasteiger partial charge in [0.25, 0.3) is 5.91 Å². The van der Waals surface area contributed by atoms with Crippen molar-refractivity contribution in [1.82, 2.24) is 15.1 Å². The Labute approximate surface area is 209 Å². The third-order valence-electron chi connectivity index (χ3n) is 6.67. The molecule has 2 aliphatic rings. The molecular formula is C24H27BrF3N3O4. The first kappa shape index (κ1) is 25.7. The molecule has 1 amide bonds. The molecule has 1 aromatic heterocycles. The summed E-state index contributed by atoms with van der Waals surface area (Å²) >= 11 is 3.11. The Morgan fingerprint density at radius 3 is 2.74 bits per heavy atom. The molecule has 1 aromatic carbocycles. The fraction of sp³-hybridized carbons (Fsp3) is 0.542. The molecule has 0 aliphatic carbocycles. The Hall–Kier alpha value is -2.40. The number of alkyl halides is 3. The van der Waals surface area contributed by atoms with E-state index in [0.29, 0.717) is 51.1 Å². The number of nitrogens with zero attached hydrogens (tertiary/aromatic N) is 2. The zero-order valence-electron chi connectivity index (χ0n) is 19.3. The van der Waals surface area contributed by atoms with Gasteiger partial charge < -0.3 is 14.8 Å². The number of esters is 1. The van der Waals surface area contributed by atoms with Gasteiger partial charge in [-0.25, -0.2) is 4.79 Å². The van der Waals surface area contributed by atoms with Crippen LogP contribution < -0.4 is 5.32 Å². The van der Waals surface area contributed by atoms with E-state index in [1.54, 1.807) is 0 Å². The average Bonchev–Trinajstić information content (AvgIpc) is 3.10. The molecule has 1 spiro atoms. The second kappa shape index (κ2) is 10.3. The van der Waals surface area contributed by atoms with Gasteiger partial charge in [0.15, 0.2) is 0 Å². The molecule has 0 saturated carbocycles. The van der Waals surface area contributed by atoms with Gasteiger partial charge >= 0.3 is 12.1 Å². The molecule has 190 valence electrons. The average molecular weight is 558 g/mol. The SMILES string of the molecule is CCc1nn(CCCOC(=O)c2cc(C(F)(F)F)ccc2Br)c2c1C(=O)NCC1(CCOCC1)C2. The minimum Gasteiger partial charge on any atom is -0.462 e. The number of carbonyl (C=O) groups is 2. The Bertz CT molecular complexity index is 1110. The van der Waals surface area contributed by atoms with Crippen LogP contribution >= 0.6 is 15.9 Å². The van der Waals surface area contributed by atoms with Crippen molar-refractivity contribution in [3.05, 3.63) is 50.8 Å². The summed E-state index contributed by atoms with van der Waals surface area (Å²) in [6.07, 6.45) is -1.15. The van der Waals surface area contributed by atoms with Gasteiger partial charge in [0.1, 0.15) is 0 Å². The molecule has 0 unspecified atom stereocenters. The van der Waals surface area contributed by atoms with Crippen LogP contribution in [0.25, 0.3) is 0 Å². The molecule has 0 radical (unpaired) electrons. The summed E-state index contributed by atoms with van der Waals surface area (Å²) in [5.41, 5.74) is 1.06. The smallest absolute Gasteiger partial charge is 0.416 e. The van der Waals surface area contributed by atoms with Gasteiger partial charge in [0.05, 0.1) is 34.7 Å². The summed E-state index contributed by atoms with van der Waals surface area (Å²) in [4.78, 5) is 25.3. The minimum absolute atomic E-state index is 0.00277. The predicted octanol–water partition coefficient (Wildman–Crippen LogP) is 4.56. The van der Waals surface area contributed by atoms with Gasteiger partial charge in [-0.05, 0) is 65.2 Å². The molecule has 35 heavy (non-hydrogen) atoms. The number of rotatable bonds is 6. The molecule has 1 fully saturated rings. The number of aryl methyl sites for hydroxylation is 2. The van der Waals surface area contributed by atoms with Gasteiger partial charge in [-0.3, -0.25) is 9.48 Å². The van der Waals surface area contributed by atoms with Crippen molar-refractivity contribution in [1.29, 1.82) is 0 Å². The van der Waals surface area contributed by atoms with Crippen LogP contribution in [0.1, 0.15) is 63.9 Å². The van der Waals surface area contributed by atoms with Crippen molar-refractivity contribution < 1.29 is 32.2 Å². The lowest BCUT2D eigenvalue weighted by Crippen LogP contribution is -2.40. The number of amides is 1. The van der Waals surface area contributed by atoms with E-state index < -0.39 is 17.7 Å². The van der Waals surface area contributed by atoms with Gasteiger partial charge in [-0.1, -0.05) is 6.92 Å². The van der Waals surface area contributed by atoms with E-state index in [2.05, 4.69) is 26.3 Å². The molecule has 11 heteroatoms. The molecule has 1 N–H and O–H groups in total. The number of nitrogens with one attached hydrogen (secondary N) is 1. The van der Waals surface area contributed by atoms with E-state index in [1.807, 2.05) is 11.6 Å². The molecule has 7 nitrogen and oxygen atoms in total. The number of fused-ring (bicyclic) bond motifs is 1. The van der Waals surface area contributed by atoms with Gasteiger partial charge in [-0.2, -0.15) is 18.3 Å². The van der Waals surface area contributed by atoms with E-state index in [9.17, 15) is 22.8 Å². The Balaban J connectivity index is 1.45. The predicted molar refractivity (Wildman–Crippen MR) is 124 cm³/mol. The topological polar surface area (TPSA) is 82.5 Å². The number of aromatic nitrogens is 2. The van der Waals surface area contributed by atoms with E-state index in [0.717, 1.165) is 36.4 Å². The van der Waals surface area contributed by atoms with Crippen LogP contribution in [0.15, 0.2) is 22.7 Å². The number of ether oxygens (including phenoxy) is 2. The summed E-state index contributed by atoms with van der Waals surface area (Å²) in [6.45, 7) is 4.27. The van der Waals surface area contributed by atoms with Crippen LogP contribution in [0.4, 0.5) is 13.2 Å². The largest absolute Gasteiger partial charge is 0.462 e. The highest BCUT2D eigenvalue weighted by molar-refractivity contribution is 9.10. The zero-order chi connectivity index (χ0) is 25.2. The van der Waals surface area contributed by atoms with Crippen molar-refractivity contribution in [3.8, 4) is 0 Å². The zero-order valence-corrected chi connectivity index (χ0v) is 20.9. The molecule has 0 atom stereocenters. The third-order valence-corrected chi connectivity index (χ3v) is 7.36. The highest BCUT2D eigenvalue weighted by Gasteiger charge is 2.39. The Kier molecular flexibility index (Phi) is 7.56. The second-order valence-corrected chi connectivity index (χ2v) is 9.85. The fourth-order valence-electron chi connectivity index (χ4n) is 4.67. The minimum atomic E-state index is -4.56. The summed E-state index contributed by atoms with van der Waals surface area (Å²) < 4.78 is 51.9. The highest BCUT2D eigenvalue weighted by Crippen LogP contribution is 2.37. The van der Waals surface area contributed by atoms with Gasteiger partial charge in [-0.15, -0.1) is 0 Å². The Morgan fingerprint density at radius 2 is 2.06 bits per heavy atom. The molecule has 2 aromatic rings.